The van der Waals surface area contributed by atoms with Gasteiger partial charge in [-0.1, -0.05) is 11.2 Å². The van der Waals surface area contributed by atoms with Crippen LogP contribution in [0.5, 0.6) is 0 Å². The summed E-state index contributed by atoms with van der Waals surface area (Å²) in [6.45, 7) is 1.19. The third-order valence-electron chi connectivity index (χ3n) is 4.82. The van der Waals surface area contributed by atoms with E-state index in [1.165, 1.54) is 40.5 Å². The number of rotatable bonds is 7. The number of halogens is 1. The van der Waals surface area contributed by atoms with Crippen LogP contribution in [-0.4, -0.2) is 35.2 Å². The average Bonchev–Trinajstić information content (AvgIpc) is 3.48. The number of thiophene rings is 1. The summed E-state index contributed by atoms with van der Waals surface area (Å²) < 4.78 is 23.8. The van der Waals surface area contributed by atoms with Crippen LogP contribution < -0.4 is 4.90 Å². The van der Waals surface area contributed by atoms with Crippen LogP contribution in [0.3, 0.4) is 0 Å². The lowest BCUT2D eigenvalue weighted by molar-refractivity contribution is -0.121. The Morgan fingerprint density at radius 1 is 1.27 bits per heavy atom. The highest BCUT2D eigenvalue weighted by atomic mass is 32.1. The van der Waals surface area contributed by atoms with E-state index >= 15 is 0 Å². The Balaban J connectivity index is 1.57. The van der Waals surface area contributed by atoms with Crippen molar-refractivity contribution in [2.75, 3.05) is 18.1 Å². The number of pyridine rings is 1. The van der Waals surface area contributed by atoms with Crippen LogP contribution in [0.2, 0.25) is 0 Å². The first-order valence-electron chi connectivity index (χ1n) is 9.89. The average molecular weight is 464 g/mol. The van der Waals surface area contributed by atoms with Crippen LogP contribution in [0.25, 0.3) is 21.7 Å². The molecule has 0 unspecified atom stereocenters. The summed E-state index contributed by atoms with van der Waals surface area (Å²) >= 11 is 1.45. The maximum Gasteiger partial charge on any atom is 0.339 e. The normalized spacial score (nSPS) is 10.7. The van der Waals surface area contributed by atoms with Gasteiger partial charge < -0.3 is 14.2 Å². The van der Waals surface area contributed by atoms with E-state index in [-0.39, 0.29) is 24.2 Å². The second kappa shape index (κ2) is 9.58. The lowest BCUT2D eigenvalue weighted by atomic mass is 10.1. The van der Waals surface area contributed by atoms with Crippen LogP contribution in [0.15, 0.2) is 52.4 Å². The van der Waals surface area contributed by atoms with Gasteiger partial charge in [0.1, 0.15) is 5.82 Å². The minimum Gasteiger partial charge on any atom is -0.452 e. The summed E-state index contributed by atoms with van der Waals surface area (Å²) in [7, 11) is 0. The number of amides is 1. The highest BCUT2D eigenvalue weighted by Crippen LogP contribution is 2.29. The molecule has 0 saturated heterocycles. The Hall–Kier alpha value is -4.10. The minimum absolute atomic E-state index is 0.0616. The van der Waals surface area contributed by atoms with Crippen LogP contribution in [0, 0.1) is 24.1 Å². The summed E-state index contributed by atoms with van der Waals surface area (Å²) in [4.78, 5) is 32.3. The number of aryl methyl sites for hydroxylation is 1. The van der Waals surface area contributed by atoms with Gasteiger partial charge in [0.05, 0.1) is 39.7 Å². The predicted octanol–water partition coefficient (Wildman–Crippen LogP) is 4.50. The van der Waals surface area contributed by atoms with Crippen molar-refractivity contribution in [3.63, 3.8) is 0 Å². The Bertz CT molecular complexity index is 1340. The van der Waals surface area contributed by atoms with E-state index in [9.17, 15) is 14.0 Å². The maximum absolute atomic E-state index is 13.3. The summed E-state index contributed by atoms with van der Waals surface area (Å²) in [5.41, 5.74) is 1.76. The van der Waals surface area contributed by atoms with Crippen LogP contribution >= 0.6 is 11.3 Å². The van der Waals surface area contributed by atoms with Crippen molar-refractivity contribution in [1.82, 2.24) is 10.1 Å². The third-order valence-corrected chi connectivity index (χ3v) is 5.72. The van der Waals surface area contributed by atoms with Gasteiger partial charge in [0.15, 0.2) is 6.61 Å². The molecule has 0 aliphatic heterocycles. The van der Waals surface area contributed by atoms with E-state index in [0.29, 0.717) is 22.5 Å². The van der Waals surface area contributed by atoms with Gasteiger partial charge in [-0.2, -0.15) is 5.26 Å². The van der Waals surface area contributed by atoms with Gasteiger partial charge in [-0.05, 0) is 48.7 Å². The van der Waals surface area contributed by atoms with Gasteiger partial charge in [-0.15, -0.1) is 11.3 Å². The molecule has 0 aliphatic rings. The van der Waals surface area contributed by atoms with Crippen molar-refractivity contribution in [1.29, 1.82) is 5.26 Å². The van der Waals surface area contributed by atoms with Gasteiger partial charge in [-0.3, -0.25) is 4.79 Å². The Labute approximate surface area is 191 Å². The SMILES string of the molecule is Cc1noc2nc(-c3cccs3)cc(C(=O)OCC(=O)N(CCC#N)c3ccc(F)cc3)c12. The maximum atomic E-state index is 13.3. The number of esters is 1. The van der Waals surface area contributed by atoms with E-state index in [1.807, 2.05) is 23.6 Å². The summed E-state index contributed by atoms with van der Waals surface area (Å²) in [5, 5.41) is 15.1. The van der Waals surface area contributed by atoms with Crippen LogP contribution in [0.4, 0.5) is 10.1 Å². The highest BCUT2D eigenvalue weighted by molar-refractivity contribution is 7.13. The molecule has 0 N–H and O–H groups in total. The van der Waals surface area contributed by atoms with Gasteiger partial charge in [0.2, 0.25) is 0 Å². The number of carbonyl (C=O) groups is 2. The van der Waals surface area contributed by atoms with Gasteiger partial charge in [0, 0.05) is 12.2 Å². The van der Waals surface area contributed by atoms with E-state index in [0.717, 1.165) is 4.88 Å². The molecule has 33 heavy (non-hydrogen) atoms. The van der Waals surface area contributed by atoms with Crippen molar-refractivity contribution in [3.8, 4) is 16.6 Å². The van der Waals surface area contributed by atoms with Crippen LogP contribution in [0.1, 0.15) is 22.5 Å². The molecule has 8 nitrogen and oxygen atoms in total. The molecule has 0 radical (unpaired) electrons. The monoisotopic (exact) mass is 464 g/mol. The second-order valence-corrected chi connectivity index (χ2v) is 7.93. The second-order valence-electron chi connectivity index (χ2n) is 6.99. The lowest BCUT2D eigenvalue weighted by Gasteiger charge is -2.21. The number of nitriles is 1. The number of hydrogen-bond donors (Lipinski definition) is 0. The molecule has 4 aromatic rings. The fraction of sp³-hybridized carbons (Fsp3) is 0.174. The van der Waals surface area contributed by atoms with E-state index in [4.69, 9.17) is 14.5 Å². The van der Waals surface area contributed by atoms with E-state index in [1.54, 1.807) is 13.0 Å². The minimum atomic E-state index is -0.737. The molecule has 4 rings (SSSR count). The number of anilines is 1. The number of benzene rings is 1. The first kappa shape index (κ1) is 22.1. The number of carbonyl (C=O) groups excluding carboxylic acids is 2. The molecular formula is C23H17FN4O4S. The highest BCUT2D eigenvalue weighted by Gasteiger charge is 2.23. The molecule has 0 atom stereocenters. The van der Waals surface area contributed by atoms with Crippen LogP contribution in [-0.2, 0) is 9.53 Å². The molecule has 0 saturated carbocycles. The summed E-state index contributed by atoms with van der Waals surface area (Å²) in [5.74, 6) is -1.74. The Kier molecular flexibility index (Phi) is 6.42. The quantitative estimate of drug-likeness (QED) is 0.370. The van der Waals surface area contributed by atoms with Gasteiger partial charge in [0.25, 0.3) is 11.6 Å². The molecule has 0 fully saturated rings. The van der Waals surface area contributed by atoms with E-state index < -0.39 is 24.3 Å². The fourth-order valence-corrected chi connectivity index (χ4v) is 3.96. The standard InChI is InChI=1S/C23H17FN4O4S/c1-14-21-17(12-18(19-4-2-11-33-19)26-22(21)32-27-14)23(30)31-13-20(29)28(10-3-9-25)16-7-5-15(24)6-8-16/h2,4-8,11-12H,3,10,13H2,1H3. The molecule has 0 spiro atoms. The zero-order valence-electron chi connectivity index (χ0n) is 17.4. The summed E-state index contributed by atoms with van der Waals surface area (Å²) in [6.07, 6.45) is 0.0616. The third kappa shape index (κ3) is 4.73. The molecule has 1 aromatic carbocycles. The molecule has 0 aliphatic carbocycles. The molecular weight excluding hydrogens is 447 g/mol. The molecule has 3 heterocycles. The summed E-state index contributed by atoms with van der Waals surface area (Å²) in [6, 6.07) is 12.5. The fourth-order valence-electron chi connectivity index (χ4n) is 3.27. The number of nitrogens with zero attached hydrogens (tertiary/aromatic N) is 4. The number of aromatic nitrogens is 2. The van der Waals surface area contributed by atoms with Crippen molar-refractivity contribution in [2.45, 2.75) is 13.3 Å². The van der Waals surface area contributed by atoms with E-state index in [2.05, 4.69) is 10.1 Å². The van der Waals surface area contributed by atoms with Crippen molar-refractivity contribution < 1.29 is 23.2 Å². The first-order chi connectivity index (χ1) is 16.0. The molecule has 10 heteroatoms. The zero-order valence-corrected chi connectivity index (χ0v) is 18.3. The van der Waals surface area contributed by atoms with Crippen molar-refractivity contribution in [2.24, 2.45) is 0 Å². The largest absolute Gasteiger partial charge is 0.452 e. The van der Waals surface area contributed by atoms with Gasteiger partial charge in [-0.25, -0.2) is 14.2 Å². The number of fused-ring (bicyclic) bond motifs is 1. The van der Waals surface area contributed by atoms with Gasteiger partial charge >= 0.3 is 5.97 Å². The topological polar surface area (TPSA) is 109 Å². The van der Waals surface area contributed by atoms with Crippen molar-refractivity contribution >= 4 is 40.0 Å². The lowest BCUT2D eigenvalue weighted by Crippen LogP contribution is -2.35. The number of ether oxygens (including phenoxy) is 1. The molecule has 1 amide bonds. The van der Waals surface area contributed by atoms with Crippen molar-refractivity contribution in [3.05, 3.63) is 64.9 Å². The zero-order chi connectivity index (χ0) is 23.4. The number of hydrogen-bond acceptors (Lipinski definition) is 8. The first-order valence-corrected chi connectivity index (χ1v) is 10.8. The Morgan fingerprint density at radius 2 is 2.06 bits per heavy atom. The Morgan fingerprint density at radius 3 is 2.76 bits per heavy atom. The molecule has 166 valence electrons. The smallest absolute Gasteiger partial charge is 0.339 e. The predicted molar refractivity (Wildman–Crippen MR) is 119 cm³/mol. The molecule has 0 bridgehead atoms. The molecule has 3 aromatic heterocycles.